The van der Waals surface area contributed by atoms with Gasteiger partial charge >= 0.3 is 0 Å². The second kappa shape index (κ2) is 5.44. The molecule has 0 fully saturated rings. The SMILES string of the molecule is CC(C)C(=O)NCc1nccnc1-c1ccco1. The summed E-state index contributed by atoms with van der Waals surface area (Å²) >= 11 is 0. The quantitative estimate of drug-likeness (QED) is 0.894. The van der Waals surface area contributed by atoms with E-state index in [4.69, 9.17) is 4.42 Å². The van der Waals surface area contributed by atoms with E-state index in [2.05, 4.69) is 15.3 Å². The first-order valence-corrected chi connectivity index (χ1v) is 5.80. The number of amides is 1. The Balaban J connectivity index is 2.16. The Labute approximate surface area is 105 Å². The molecule has 0 saturated carbocycles. The third-order valence-electron chi connectivity index (χ3n) is 2.48. The van der Waals surface area contributed by atoms with Crippen LogP contribution < -0.4 is 5.32 Å². The van der Waals surface area contributed by atoms with Crippen molar-refractivity contribution >= 4 is 5.91 Å². The molecule has 0 spiro atoms. The van der Waals surface area contributed by atoms with Crippen molar-refractivity contribution in [3.63, 3.8) is 0 Å². The van der Waals surface area contributed by atoms with Crippen LogP contribution in [0.4, 0.5) is 0 Å². The fourth-order valence-electron chi connectivity index (χ4n) is 1.49. The van der Waals surface area contributed by atoms with Crippen molar-refractivity contribution in [3.05, 3.63) is 36.5 Å². The van der Waals surface area contributed by atoms with Gasteiger partial charge in [0.2, 0.25) is 5.91 Å². The summed E-state index contributed by atoms with van der Waals surface area (Å²) < 4.78 is 5.30. The first-order chi connectivity index (χ1) is 8.68. The number of nitrogens with one attached hydrogen (secondary N) is 1. The van der Waals surface area contributed by atoms with E-state index in [1.807, 2.05) is 19.9 Å². The highest BCUT2D eigenvalue weighted by Crippen LogP contribution is 2.19. The molecule has 2 heterocycles. The highest BCUT2D eigenvalue weighted by molar-refractivity contribution is 5.77. The lowest BCUT2D eigenvalue weighted by Crippen LogP contribution is -2.27. The molecule has 18 heavy (non-hydrogen) atoms. The molecule has 1 amide bonds. The fraction of sp³-hybridized carbons (Fsp3) is 0.308. The van der Waals surface area contributed by atoms with Gasteiger partial charge in [-0.15, -0.1) is 0 Å². The first kappa shape index (κ1) is 12.3. The Hall–Kier alpha value is -2.17. The van der Waals surface area contributed by atoms with E-state index in [1.165, 1.54) is 0 Å². The Morgan fingerprint density at radius 2 is 2.17 bits per heavy atom. The highest BCUT2D eigenvalue weighted by Gasteiger charge is 2.12. The average Bonchev–Trinajstić information content (AvgIpc) is 2.89. The van der Waals surface area contributed by atoms with Crippen molar-refractivity contribution in [2.45, 2.75) is 20.4 Å². The zero-order chi connectivity index (χ0) is 13.0. The van der Waals surface area contributed by atoms with Gasteiger partial charge in [0, 0.05) is 18.3 Å². The normalized spacial score (nSPS) is 10.6. The third kappa shape index (κ3) is 2.74. The lowest BCUT2D eigenvalue weighted by Gasteiger charge is -2.08. The zero-order valence-corrected chi connectivity index (χ0v) is 10.4. The molecular weight excluding hydrogens is 230 g/mol. The number of carbonyl (C=O) groups excluding carboxylic acids is 1. The predicted molar refractivity (Wildman–Crippen MR) is 66.4 cm³/mol. The smallest absolute Gasteiger partial charge is 0.222 e. The number of rotatable bonds is 4. The van der Waals surface area contributed by atoms with Crippen molar-refractivity contribution in [1.29, 1.82) is 0 Å². The Bertz CT molecular complexity index is 521. The van der Waals surface area contributed by atoms with Crippen molar-refractivity contribution in [1.82, 2.24) is 15.3 Å². The van der Waals surface area contributed by atoms with E-state index in [9.17, 15) is 4.79 Å². The number of nitrogens with zero attached hydrogens (tertiary/aromatic N) is 2. The molecule has 0 unspecified atom stereocenters. The van der Waals surface area contributed by atoms with Gasteiger partial charge in [-0.05, 0) is 12.1 Å². The second-order valence-corrected chi connectivity index (χ2v) is 4.20. The van der Waals surface area contributed by atoms with Crippen molar-refractivity contribution in [2.24, 2.45) is 5.92 Å². The molecule has 0 aromatic carbocycles. The summed E-state index contributed by atoms with van der Waals surface area (Å²) in [5.41, 5.74) is 1.35. The summed E-state index contributed by atoms with van der Waals surface area (Å²) in [6, 6.07) is 3.61. The van der Waals surface area contributed by atoms with Crippen LogP contribution in [0.2, 0.25) is 0 Å². The lowest BCUT2D eigenvalue weighted by molar-refractivity contribution is -0.124. The van der Waals surface area contributed by atoms with Crippen LogP contribution in [0.5, 0.6) is 0 Å². The standard InChI is InChI=1S/C13H15N3O2/c1-9(2)13(17)16-8-10-12(15-6-5-14-10)11-4-3-7-18-11/h3-7,9H,8H2,1-2H3,(H,16,17). The van der Waals surface area contributed by atoms with Gasteiger partial charge < -0.3 is 9.73 Å². The summed E-state index contributed by atoms with van der Waals surface area (Å²) in [6.45, 7) is 4.04. The topological polar surface area (TPSA) is 68.0 Å². The molecule has 2 rings (SSSR count). The number of furan rings is 1. The number of hydrogen-bond acceptors (Lipinski definition) is 4. The fourth-order valence-corrected chi connectivity index (χ4v) is 1.49. The molecule has 0 atom stereocenters. The minimum absolute atomic E-state index is 0.00829. The van der Waals surface area contributed by atoms with Crippen LogP contribution in [0.1, 0.15) is 19.5 Å². The molecule has 2 aromatic rings. The third-order valence-corrected chi connectivity index (χ3v) is 2.48. The number of aromatic nitrogens is 2. The van der Waals surface area contributed by atoms with Gasteiger partial charge in [0.1, 0.15) is 5.69 Å². The van der Waals surface area contributed by atoms with E-state index in [0.29, 0.717) is 23.7 Å². The van der Waals surface area contributed by atoms with Crippen LogP contribution in [0, 0.1) is 5.92 Å². The Morgan fingerprint density at radius 1 is 1.39 bits per heavy atom. The van der Waals surface area contributed by atoms with Crippen LogP contribution >= 0.6 is 0 Å². The summed E-state index contributed by atoms with van der Waals surface area (Å²) in [7, 11) is 0. The summed E-state index contributed by atoms with van der Waals surface area (Å²) in [5.74, 6) is 0.594. The van der Waals surface area contributed by atoms with E-state index >= 15 is 0 Å². The van der Waals surface area contributed by atoms with E-state index in [-0.39, 0.29) is 11.8 Å². The summed E-state index contributed by atoms with van der Waals surface area (Å²) in [6.07, 6.45) is 4.79. The molecule has 5 heteroatoms. The van der Waals surface area contributed by atoms with Gasteiger partial charge in [0.25, 0.3) is 0 Å². The number of carbonyl (C=O) groups is 1. The van der Waals surface area contributed by atoms with Crippen LogP contribution in [0.3, 0.4) is 0 Å². The van der Waals surface area contributed by atoms with Crippen LogP contribution in [0.25, 0.3) is 11.5 Å². The van der Waals surface area contributed by atoms with Crippen LogP contribution in [-0.4, -0.2) is 15.9 Å². The molecule has 94 valence electrons. The van der Waals surface area contributed by atoms with Crippen molar-refractivity contribution in [3.8, 4) is 11.5 Å². The predicted octanol–water partition coefficient (Wildman–Crippen LogP) is 2.01. The van der Waals surface area contributed by atoms with Gasteiger partial charge in [-0.1, -0.05) is 13.8 Å². The van der Waals surface area contributed by atoms with Gasteiger partial charge in [0.05, 0.1) is 18.5 Å². The van der Waals surface area contributed by atoms with Crippen molar-refractivity contribution < 1.29 is 9.21 Å². The Kier molecular flexibility index (Phi) is 3.72. The van der Waals surface area contributed by atoms with Gasteiger partial charge in [-0.25, -0.2) is 4.98 Å². The van der Waals surface area contributed by atoms with Gasteiger partial charge in [-0.3, -0.25) is 9.78 Å². The van der Waals surface area contributed by atoms with E-state index in [0.717, 1.165) is 0 Å². The molecule has 0 aliphatic heterocycles. The maximum absolute atomic E-state index is 11.5. The van der Waals surface area contributed by atoms with Crippen molar-refractivity contribution in [2.75, 3.05) is 0 Å². The molecular formula is C13H15N3O2. The molecule has 0 bridgehead atoms. The molecule has 1 N–H and O–H groups in total. The van der Waals surface area contributed by atoms with Gasteiger partial charge in [0.15, 0.2) is 5.76 Å². The minimum Gasteiger partial charge on any atom is -0.463 e. The monoisotopic (exact) mass is 245 g/mol. The molecule has 0 aliphatic rings. The van der Waals surface area contributed by atoms with Crippen LogP contribution in [0.15, 0.2) is 35.2 Å². The lowest BCUT2D eigenvalue weighted by atomic mass is 10.2. The highest BCUT2D eigenvalue weighted by atomic mass is 16.3. The first-order valence-electron chi connectivity index (χ1n) is 5.80. The van der Waals surface area contributed by atoms with Gasteiger partial charge in [-0.2, -0.15) is 0 Å². The molecule has 5 nitrogen and oxygen atoms in total. The van der Waals surface area contributed by atoms with Crippen LogP contribution in [-0.2, 0) is 11.3 Å². The summed E-state index contributed by atoms with van der Waals surface area (Å²) in [4.78, 5) is 20.0. The largest absolute Gasteiger partial charge is 0.463 e. The molecule has 0 radical (unpaired) electrons. The zero-order valence-electron chi connectivity index (χ0n) is 10.4. The Morgan fingerprint density at radius 3 is 2.83 bits per heavy atom. The molecule has 2 aromatic heterocycles. The molecule has 0 saturated heterocycles. The average molecular weight is 245 g/mol. The minimum atomic E-state index is -0.0475. The number of hydrogen-bond donors (Lipinski definition) is 1. The molecule has 0 aliphatic carbocycles. The maximum Gasteiger partial charge on any atom is 0.222 e. The summed E-state index contributed by atoms with van der Waals surface area (Å²) in [5, 5.41) is 2.82. The van der Waals surface area contributed by atoms with E-state index < -0.39 is 0 Å². The second-order valence-electron chi connectivity index (χ2n) is 4.20. The van der Waals surface area contributed by atoms with E-state index in [1.54, 1.807) is 24.7 Å². The maximum atomic E-state index is 11.5.